The lowest BCUT2D eigenvalue weighted by molar-refractivity contribution is 0.282. The molecule has 0 saturated carbocycles. The monoisotopic (exact) mass is 282 g/mol. The highest BCUT2D eigenvalue weighted by molar-refractivity contribution is 6.31. The fraction of sp³-hybridized carbons (Fsp3) is 0.667. The van der Waals surface area contributed by atoms with E-state index in [-0.39, 0.29) is 6.61 Å². The summed E-state index contributed by atoms with van der Waals surface area (Å²) < 4.78 is 0. The summed E-state index contributed by atoms with van der Waals surface area (Å²) in [5.41, 5.74) is 0.765. The summed E-state index contributed by atoms with van der Waals surface area (Å²) >= 11 is 5.99. The Bertz CT molecular complexity index is 411. The average molecular weight is 283 g/mol. The number of halogens is 1. The van der Waals surface area contributed by atoms with Crippen molar-refractivity contribution in [3.05, 3.63) is 22.8 Å². The summed E-state index contributed by atoms with van der Waals surface area (Å²) in [6.07, 6.45) is 8.06. The molecular weight excluding hydrogens is 260 g/mol. The first-order valence-electron chi connectivity index (χ1n) is 7.24. The molecule has 0 aliphatic carbocycles. The second kappa shape index (κ2) is 7.11. The van der Waals surface area contributed by atoms with Crippen molar-refractivity contribution in [3.63, 3.8) is 0 Å². The number of nitrogens with zero attached hydrogens (tertiary/aromatic N) is 2. The van der Waals surface area contributed by atoms with Gasteiger partial charge in [-0.2, -0.15) is 0 Å². The van der Waals surface area contributed by atoms with Crippen LogP contribution >= 0.6 is 11.6 Å². The number of rotatable bonds is 4. The minimum absolute atomic E-state index is 0.0271. The zero-order valence-corrected chi connectivity index (χ0v) is 12.4. The second-order valence-electron chi connectivity index (χ2n) is 5.36. The second-order valence-corrected chi connectivity index (χ2v) is 5.77. The quantitative estimate of drug-likeness (QED) is 0.916. The van der Waals surface area contributed by atoms with Gasteiger partial charge in [-0.3, -0.25) is 0 Å². The number of hydrogen-bond acceptors (Lipinski definition) is 3. The number of aliphatic hydroxyl groups excluding tert-OH is 1. The molecule has 1 fully saturated rings. The van der Waals surface area contributed by atoms with Gasteiger partial charge in [0.25, 0.3) is 0 Å². The first-order valence-corrected chi connectivity index (χ1v) is 7.62. The Morgan fingerprint density at radius 3 is 3.00 bits per heavy atom. The number of anilines is 1. The van der Waals surface area contributed by atoms with E-state index in [4.69, 9.17) is 11.6 Å². The Morgan fingerprint density at radius 2 is 2.26 bits per heavy atom. The molecule has 0 bridgehead atoms. The molecule has 1 aliphatic rings. The van der Waals surface area contributed by atoms with Crippen molar-refractivity contribution in [2.75, 3.05) is 18.0 Å². The van der Waals surface area contributed by atoms with Crippen LogP contribution in [0.15, 0.2) is 12.3 Å². The Labute approximate surface area is 120 Å². The van der Waals surface area contributed by atoms with E-state index in [1.165, 1.54) is 32.1 Å². The molecule has 3 nitrogen and oxygen atoms in total. The van der Waals surface area contributed by atoms with Gasteiger partial charge in [-0.25, -0.2) is 4.98 Å². The Morgan fingerprint density at radius 1 is 1.42 bits per heavy atom. The van der Waals surface area contributed by atoms with Crippen LogP contribution in [-0.4, -0.2) is 23.2 Å². The van der Waals surface area contributed by atoms with Crippen molar-refractivity contribution in [2.24, 2.45) is 5.92 Å². The molecule has 0 aromatic carbocycles. The van der Waals surface area contributed by atoms with E-state index in [0.29, 0.717) is 5.02 Å². The van der Waals surface area contributed by atoms with Crippen molar-refractivity contribution in [1.29, 1.82) is 0 Å². The van der Waals surface area contributed by atoms with Crippen LogP contribution in [0.5, 0.6) is 0 Å². The number of pyridine rings is 1. The van der Waals surface area contributed by atoms with Crippen molar-refractivity contribution >= 4 is 17.4 Å². The van der Waals surface area contributed by atoms with E-state index in [9.17, 15) is 5.11 Å². The van der Waals surface area contributed by atoms with E-state index in [1.807, 2.05) is 6.07 Å². The minimum atomic E-state index is -0.0271. The molecule has 1 aliphatic heterocycles. The smallest absolute Gasteiger partial charge is 0.128 e. The van der Waals surface area contributed by atoms with Crippen LogP contribution in [-0.2, 0) is 6.61 Å². The summed E-state index contributed by atoms with van der Waals surface area (Å²) in [5, 5.41) is 9.82. The molecule has 1 aromatic rings. The Kier molecular flexibility index (Phi) is 5.46. The molecule has 1 aromatic heterocycles. The van der Waals surface area contributed by atoms with Gasteiger partial charge in [0.15, 0.2) is 0 Å². The Hall–Kier alpha value is -0.800. The fourth-order valence-corrected chi connectivity index (χ4v) is 3.02. The number of aliphatic hydroxyl groups is 1. The van der Waals surface area contributed by atoms with E-state index >= 15 is 0 Å². The molecule has 0 radical (unpaired) electrons. The largest absolute Gasteiger partial charge is 0.392 e. The van der Waals surface area contributed by atoms with Crippen LogP contribution in [0.25, 0.3) is 0 Å². The summed E-state index contributed by atoms with van der Waals surface area (Å²) in [6, 6.07) is 1.92. The number of aromatic nitrogens is 1. The maximum atomic E-state index is 9.28. The molecule has 1 unspecified atom stereocenters. The standard InChI is InChI=1S/C15H23ClN2O/c1-2-4-12-5-3-7-18(8-6-12)15-9-13(11-19)14(16)10-17-15/h9-10,12,19H,2-8,11H2,1H3. The average Bonchev–Trinajstić information content (AvgIpc) is 2.66. The Balaban J connectivity index is 2.05. The van der Waals surface area contributed by atoms with Crippen LogP contribution in [0.2, 0.25) is 5.02 Å². The van der Waals surface area contributed by atoms with Gasteiger partial charge in [-0.1, -0.05) is 31.4 Å². The molecule has 1 atom stereocenters. The molecule has 19 heavy (non-hydrogen) atoms. The third-order valence-corrected chi connectivity index (χ3v) is 4.30. The number of hydrogen-bond donors (Lipinski definition) is 1. The van der Waals surface area contributed by atoms with Crippen molar-refractivity contribution in [2.45, 2.75) is 45.6 Å². The highest BCUT2D eigenvalue weighted by Crippen LogP contribution is 2.26. The van der Waals surface area contributed by atoms with Crippen molar-refractivity contribution in [1.82, 2.24) is 4.98 Å². The van der Waals surface area contributed by atoms with Gasteiger partial charge >= 0.3 is 0 Å². The first kappa shape index (κ1) is 14.6. The lowest BCUT2D eigenvalue weighted by Crippen LogP contribution is -2.25. The molecule has 0 amide bonds. The van der Waals surface area contributed by atoms with Crippen LogP contribution in [0, 0.1) is 5.92 Å². The van der Waals surface area contributed by atoms with Gasteiger partial charge < -0.3 is 10.0 Å². The van der Waals surface area contributed by atoms with E-state index in [2.05, 4.69) is 16.8 Å². The van der Waals surface area contributed by atoms with Gasteiger partial charge in [0, 0.05) is 24.8 Å². The summed E-state index contributed by atoms with van der Waals surface area (Å²) in [4.78, 5) is 6.73. The zero-order valence-electron chi connectivity index (χ0n) is 11.6. The lowest BCUT2D eigenvalue weighted by atomic mass is 9.96. The first-order chi connectivity index (χ1) is 9.24. The molecule has 106 valence electrons. The predicted octanol–water partition coefficient (Wildman–Crippen LogP) is 3.63. The predicted molar refractivity (Wildman–Crippen MR) is 79.6 cm³/mol. The third-order valence-electron chi connectivity index (χ3n) is 3.96. The summed E-state index contributed by atoms with van der Waals surface area (Å²) in [6.45, 7) is 4.35. The summed E-state index contributed by atoms with van der Waals surface area (Å²) in [5.74, 6) is 1.81. The van der Waals surface area contributed by atoms with E-state index in [0.717, 1.165) is 30.4 Å². The minimum Gasteiger partial charge on any atom is -0.392 e. The van der Waals surface area contributed by atoms with Crippen LogP contribution < -0.4 is 4.90 Å². The van der Waals surface area contributed by atoms with Crippen LogP contribution in [0.1, 0.15) is 44.6 Å². The highest BCUT2D eigenvalue weighted by atomic mass is 35.5. The maximum Gasteiger partial charge on any atom is 0.128 e. The van der Waals surface area contributed by atoms with E-state index in [1.54, 1.807) is 6.20 Å². The molecule has 2 rings (SSSR count). The highest BCUT2D eigenvalue weighted by Gasteiger charge is 2.18. The molecule has 1 saturated heterocycles. The SMILES string of the molecule is CCCC1CCCN(c2cc(CO)c(Cl)cn2)CC1. The lowest BCUT2D eigenvalue weighted by Gasteiger charge is -2.22. The van der Waals surface area contributed by atoms with Gasteiger partial charge in [-0.15, -0.1) is 0 Å². The summed E-state index contributed by atoms with van der Waals surface area (Å²) in [7, 11) is 0. The van der Waals surface area contributed by atoms with Crippen molar-refractivity contribution in [3.8, 4) is 0 Å². The topological polar surface area (TPSA) is 36.4 Å². The molecular formula is C15H23ClN2O. The molecule has 0 spiro atoms. The van der Waals surface area contributed by atoms with Crippen molar-refractivity contribution < 1.29 is 5.11 Å². The zero-order chi connectivity index (χ0) is 13.7. The maximum absolute atomic E-state index is 9.28. The molecule has 4 heteroatoms. The van der Waals surface area contributed by atoms with Gasteiger partial charge in [0.05, 0.1) is 11.6 Å². The van der Waals surface area contributed by atoms with Gasteiger partial charge in [0.1, 0.15) is 5.82 Å². The van der Waals surface area contributed by atoms with Gasteiger partial charge in [-0.05, 0) is 31.2 Å². The van der Waals surface area contributed by atoms with Gasteiger partial charge in [0.2, 0.25) is 0 Å². The van der Waals surface area contributed by atoms with E-state index < -0.39 is 0 Å². The normalized spacial score (nSPS) is 20.4. The van der Waals surface area contributed by atoms with Crippen LogP contribution in [0.4, 0.5) is 5.82 Å². The third kappa shape index (κ3) is 3.83. The molecule has 1 N–H and O–H groups in total. The fourth-order valence-electron chi connectivity index (χ4n) is 2.85. The molecule has 2 heterocycles. The van der Waals surface area contributed by atoms with Crippen LogP contribution in [0.3, 0.4) is 0 Å².